The highest BCUT2D eigenvalue weighted by Gasteiger charge is 2.64. The molecule has 0 N–H and O–H groups in total. The van der Waals surface area contributed by atoms with Crippen LogP contribution in [0.4, 0.5) is 0 Å². The highest BCUT2D eigenvalue weighted by atomic mass is 28.4. The smallest absolute Gasteiger partial charge is 0.479 e. The predicted octanol–water partition coefficient (Wildman–Crippen LogP) is 3.99. The molecule has 0 spiro atoms. The van der Waals surface area contributed by atoms with Gasteiger partial charge in [-0.15, -0.1) is 10.2 Å². The molecule has 1 atom stereocenters. The van der Waals surface area contributed by atoms with Crippen LogP contribution in [0.2, 0.25) is 5.04 Å². The molecule has 1 aliphatic heterocycles. The standard InChI is InChI=1S/C21H28N4O2Si/c1-21(2,3)28(25(6)23-20(27-28)18-15-11-8-12-16-18)26-19(22-24(4)5)17-13-9-7-10-14-17/h7-16H,1-6H3/b22-19-. The Morgan fingerprint density at radius 2 is 1.61 bits per heavy atom. The summed E-state index contributed by atoms with van der Waals surface area (Å²) in [6.45, 7) is 6.37. The Morgan fingerprint density at radius 1 is 1.04 bits per heavy atom. The maximum absolute atomic E-state index is 6.66. The van der Waals surface area contributed by atoms with E-state index in [-0.39, 0.29) is 5.04 Å². The largest absolute Gasteiger partial charge is 0.612 e. The van der Waals surface area contributed by atoms with Gasteiger partial charge in [-0.3, -0.25) is 9.68 Å². The first-order chi connectivity index (χ1) is 13.2. The van der Waals surface area contributed by atoms with E-state index in [0.29, 0.717) is 11.8 Å². The maximum atomic E-state index is 6.66. The molecule has 0 aliphatic carbocycles. The van der Waals surface area contributed by atoms with Crippen LogP contribution in [0.5, 0.6) is 0 Å². The molecular formula is C21H28N4O2Si. The number of nitrogens with zero attached hydrogens (tertiary/aromatic N) is 4. The van der Waals surface area contributed by atoms with Gasteiger partial charge in [0.25, 0.3) is 0 Å². The summed E-state index contributed by atoms with van der Waals surface area (Å²) < 4.78 is 15.1. The average Bonchev–Trinajstić information content (AvgIpc) is 3.00. The van der Waals surface area contributed by atoms with Gasteiger partial charge in [-0.25, -0.2) is 0 Å². The molecule has 7 heteroatoms. The number of hydrogen-bond acceptors (Lipinski definition) is 6. The fraction of sp³-hybridized carbons (Fsp3) is 0.333. The average molecular weight is 397 g/mol. The zero-order valence-electron chi connectivity index (χ0n) is 17.4. The van der Waals surface area contributed by atoms with Gasteiger partial charge in [0.15, 0.2) is 0 Å². The Bertz CT molecular complexity index is 863. The molecule has 2 aromatic rings. The van der Waals surface area contributed by atoms with E-state index in [1.165, 1.54) is 0 Å². The summed E-state index contributed by atoms with van der Waals surface area (Å²) in [7, 11) is 2.65. The van der Waals surface area contributed by atoms with Gasteiger partial charge in [-0.1, -0.05) is 57.2 Å². The van der Waals surface area contributed by atoms with Crippen LogP contribution in [0.3, 0.4) is 0 Å². The van der Waals surface area contributed by atoms with E-state index in [0.717, 1.165) is 11.1 Å². The summed E-state index contributed by atoms with van der Waals surface area (Å²) >= 11 is 0. The van der Waals surface area contributed by atoms with Gasteiger partial charge in [0, 0.05) is 32.3 Å². The van der Waals surface area contributed by atoms with Crippen molar-refractivity contribution in [3.05, 3.63) is 71.8 Å². The van der Waals surface area contributed by atoms with Crippen LogP contribution < -0.4 is 0 Å². The van der Waals surface area contributed by atoms with Crippen molar-refractivity contribution in [2.75, 3.05) is 21.1 Å². The molecule has 6 nitrogen and oxygen atoms in total. The van der Waals surface area contributed by atoms with E-state index >= 15 is 0 Å². The van der Waals surface area contributed by atoms with Crippen molar-refractivity contribution in [2.45, 2.75) is 25.8 Å². The Balaban J connectivity index is 2.01. The molecule has 0 saturated carbocycles. The third-order valence-electron chi connectivity index (χ3n) is 4.42. The van der Waals surface area contributed by atoms with Gasteiger partial charge in [-0.05, 0) is 24.3 Å². The molecule has 0 aromatic heterocycles. The van der Waals surface area contributed by atoms with Crippen LogP contribution in [0.1, 0.15) is 31.9 Å². The molecule has 0 radical (unpaired) electrons. The van der Waals surface area contributed by atoms with Gasteiger partial charge in [0.2, 0.25) is 11.8 Å². The van der Waals surface area contributed by atoms with Crippen LogP contribution in [0.25, 0.3) is 0 Å². The summed E-state index contributed by atoms with van der Waals surface area (Å²) in [6.07, 6.45) is 0. The van der Waals surface area contributed by atoms with Crippen LogP contribution in [-0.2, 0) is 8.85 Å². The summed E-state index contributed by atoms with van der Waals surface area (Å²) in [5, 5.41) is 10.8. The fourth-order valence-corrected chi connectivity index (χ4v) is 5.98. The summed E-state index contributed by atoms with van der Waals surface area (Å²) in [6, 6.07) is 19.8. The highest BCUT2D eigenvalue weighted by Crippen LogP contribution is 2.43. The van der Waals surface area contributed by atoms with E-state index in [9.17, 15) is 0 Å². The van der Waals surface area contributed by atoms with Gasteiger partial charge in [0.05, 0.1) is 5.04 Å². The second-order valence-electron chi connectivity index (χ2n) is 7.95. The first kappa shape index (κ1) is 19.9. The molecule has 1 aliphatic rings. The maximum Gasteiger partial charge on any atom is 0.612 e. The quantitative estimate of drug-likeness (QED) is 0.339. The second-order valence-corrected chi connectivity index (χ2v) is 11.7. The molecule has 1 heterocycles. The van der Waals surface area contributed by atoms with Gasteiger partial charge in [-0.2, -0.15) is 0 Å². The van der Waals surface area contributed by atoms with Crippen molar-refractivity contribution in [1.82, 2.24) is 9.68 Å². The highest BCUT2D eigenvalue weighted by molar-refractivity contribution is 6.72. The molecule has 3 rings (SSSR count). The summed E-state index contributed by atoms with van der Waals surface area (Å²) in [5.74, 6) is 1.12. The second kappa shape index (κ2) is 7.67. The third-order valence-corrected chi connectivity index (χ3v) is 8.20. The number of rotatable bonds is 4. The lowest BCUT2D eigenvalue weighted by Crippen LogP contribution is -2.59. The molecule has 0 fully saturated rings. The predicted molar refractivity (Wildman–Crippen MR) is 115 cm³/mol. The molecule has 2 aromatic carbocycles. The van der Waals surface area contributed by atoms with Crippen molar-refractivity contribution in [1.29, 1.82) is 0 Å². The van der Waals surface area contributed by atoms with E-state index in [2.05, 4.69) is 25.9 Å². The van der Waals surface area contributed by atoms with E-state index in [4.69, 9.17) is 14.0 Å². The van der Waals surface area contributed by atoms with Crippen LogP contribution >= 0.6 is 0 Å². The monoisotopic (exact) mass is 396 g/mol. The molecule has 148 valence electrons. The molecule has 0 bridgehead atoms. The number of hydrogen-bond donors (Lipinski definition) is 0. The van der Waals surface area contributed by atoms with Gasteiger partial charge < -0.3 is 8.85 Å². The van der Waals surface area contributed by atoms with Crippen molar-refractivity contribution in [3.8, 4) is 0 Å². The molecule has 0 saturated heterocycles. The zero-order valence-corrected chi connectivity index (χ0v) is 18.4. The van der Waals surface area contributed by atoms with Crippen molar-refractivity contribution < 1.29 is 8.85 Å². The number of hydrazone groups is 2. The molecule has 1 unspecified atom stereocenters. The summed E-state index contributed by atoms with van der Waals surface area (Å²) in [4.78, 5) is 0. The minimum atomic E-state index is -3.02. The van der Waals surface area contributed by atoms with Crippen LogP contribution in [0, 0.1) is 0 Å². The SMILES string of the molecule is CN(C)/N=C(\O[Si]1(C(C)(C)C)OC(c2ccccc2)=NN1C)c1ccccc1. The van der Waals surface area contributed by atoms with Crippen molar-refractivity contribution >= 4 is 20.5 Å². The summed E-state index contributed by atoms with van der Waals surface area (Å²) in [5.41, 5.74) is 1.83. The van der Waals surface area contributed by atoms with Gasteiger partial charge >= 0.3 is 8.72 Å². The van der Waals surface area contributed by atoms with Gasteiger partial charge in [0.1, 0.15) is 0 Å². The van der Waals surface area contributed by atoms with Crippen molar-refractivity contribution in [2.24, 2.45) is 10.2 Å². The van der Waals surface area contributed by atoms with Crippen LogP contribution in [-0.4, -0.2) is 51.3 Å². The lowest BCUT2D eigenvalue weighted by atomic mass is 10.2. The van der Waals surface area contributed by atoms with E-state index in [1.54, 1.807) is 5.01 Å². The Hall–Kier alpha value is -2.80. The van der Waals surface area contributed by atoms with Crippen molar-refractivity contribution in [3.63, 3.8) is 0 Å². The molecule has 0 amide bonds. The molecule has 28 heavy (non-hydrogen) atoms. The first-order valence-corrected chi connectivity index (χ1v) is 11.1. The minimum absolute atomic E-state index is 0.288. The lowest BCUT2D eigenvalue weighted by molar-refractivity contribution is 0.261. The Morgan fingerprint density at radius 3 is 2.14 bits per heavy atom. The fourth-order valence-electron chi connectivity index (χ4n) is 3.03. The minimum Gasteiger partial charge on any atom is -0.479 e. The first-order valence-electron chi connectivity index (χ1n) is 9.30. The normalized spacial score (nSPS) is 19.9. The zero-order chi connectivity index (χ0) is 20.4. The molecular weight excluding hydrogens is 368 g/mol. The van der Waals surface area contributed by atoms with Crippen LogP contribution in [0.15, 0.2) is 70.9 Å². The third kappa shape index (κ3) is 3.89. The van der Waals surface area contributed by atoms with E-state index in [1.807, 2.05) is 86.5 Å². The van der Waals surface area contributed by atoms with E-state index < -0.39 is 8.72 Å². The topological polar surface area (TPSA) is 49.7 Å². The lowest BCUT2D eigenvalue weighted by Gasteiger charge is -2.39. The number of benzene rings is 2. The Labute approximate surface area is 168 Å². The Kier molecular flexibility index (Phi) is 5.46.